The molecule has 1 atom stereocenters. The van der Waals surface area contributed by atoms with Crippen LogP contribution < -0.4 is 4.74 Å². The summed E-state index contributed by atoms with van der Waals surface area (Å²) in [6.45, 7) is 1.84. The topological polar surface area (TPSA) is 42.4 Å². The van der Waals surface area contributed by atoms with Gasteiger partial charge in [0.15, 0.2) is 0 Å². The molecule has 2 aromatic rings. The van der Waals surface area contributed by atoms with Crippen molar-refractivity contribution in [3.8, 4) is 5.75 Å². The van der Waals surface area contributed by atoms with Gasteiger partial charge in [-0.05, 0) is 30.2 Å². The summed E-state index contributed by atoms with van der Waals surface area (Å²) < 4.78 is 18.5. The van der Waals surface area contributed by atoms with Gasteiger partial charge in [-0.1, -0.05) is 19.1 Å². The number of nitrogens with zero attached hydrogens (tertiary/aromatic N) is 1. The van der Waals surface area contributed by atoms with Crippen LogP contribution in [0, 0.1) is 5.82 Å². The lowest BCUT2D eigenvalue weighted by atomic mass is 9.85. The van der Waals surface area contributed by atoms with Crippen molar-refractivity contribution in [3.05, 3.63) is 59.7 Å². The van der Waals surface area contributed by atoms with Crippen LogP contribution in [0.2, 0.25) is 0 Å². The van der Waals surface area contributed by atoms with Gasteiger partial charge in [0.25, 0.3) is 0 Å². The number of aliphatic hydroxyl groups is 1. The van der Waals surface area contributed by atoms with Crippen molar-refractivity contribution in [1.82, 2.24) is 4.98 Å². The van der Waals surface area contributed by atoms with E-state index in [4.69, 9.17) is 4.74 Å². The molecule has 0 spiro atoms. The van der Waals surface area contributed by atoms with Gasteiger partial charge < -0.3 is 9.84 Å². The van der Waals surface area contributed by atoms with Crippen LogP contribution in [0.3, 0.4) is 0 Å². The van der Waals surface area contributed by atoms with Crippen LogP contribution >= 0.6 is 0 Å². The molecule has 1 aromatic carbocycles. The number of benzene rings is 1. The monoisotopic (exact) mass is 261 g/mol. The summed E-state index contributed by atoms with van der Waals surface area (Å²) in [7, 11) is 1.54. The molecule has 1 unspecified atom stereocenters. The molecule has 0 aliphatic carbocycles. The SMILES string of the molecule is CCC(O)(c1cccc(F)c1)c1cncc(OC)c1. The largest absolute Gasteiger partial charge is 0.495 e. The van der Waals surface area contributed by atoms with E-state index in [1.54, 1.807) is 30.6 Å². The Hall–Kier alpha value is -1.94. The van der Waals surface area contributed by atoms with E-state index in [0.29, 0.717) is 23.3 Å². The zero-order valence-corrected chi connectivity index (χ0v) is 10.9. The molecule has 0 aliphatic rings. The van der Waals surface area contributed by atoms with E-state index in [0.717, 1.165) is 0 Å². The van der Waals surface area contributed by atoms with E-state index in [2.05, 4.69) is 4.98 Å². The van der Waals surface area contributed by atoms with Crippen LogP contribution in [-0.2, 0) is 5.60 Å². The normalized spacial score (nSPS) is 13.9. The van der Waals surface area contributed by atoms with Crippen molar-refractivity contribution in [2.45, 2.75) is 18.9 Å². The highest BCUT2D eigenvalue weighted by atomic mass is 19.1. The predicted molar refractivity (Wildman–Crippen MR) is 70.5 cm³/mol. The molecule has 1 heterocycles. The minimum absolute atomic E-state index is 0.375. The van der Waals surface area contributed by atoms with Gasteiger partial charge in [-0.15, -0.1) is 0 Å². The summed E-state index contributed by atoms with van der Waals surface area (Å²) in [5.74, 6) is 0.181. The van der Waals surface area contributed by atoms with E-state index in [-0.39, 0.29) is 5.82 Å². The van der Waals surface area contributed by atoms with Gasteiger partial charge in [0.1, 0.15) is 17.2 Å². The number of aromatic nitrogens is 1. The van der Waals surface area contributed by atoms with Gasteiger partial charge in [0, 0.05) is 11.8 Å². The summed E-state index contributed by atoms with van der Waals surface area (Å²) in [5, 5.41) is 10.8. The van der Waals surface area contributed by atoms with Gasteiger partial charge in [-0.25, -0.2) is 4.39 Å². The van der Waals surface area contributed by atoms with Crippen molar-refractivity contribution < 1.29 is 14.2 Å². The van der Waals surface area contributed by atoms with Crippen molar-refractivity contribution in [2.24, 2.45) is 0 Å². The molecule has 0 saturated carbocycles. The first-order chi connectivity index (χ1) is 9.10. The number of methoxy groups -OCH3 is 1. The minimum atomic E-state index is -1.27. The maximum atomic E-state index is 13.3. The molecule has 1 aromatic heterocycles. The second-order valence-corrected chi connectivity index (χ2v) is 4.34. The molecule has 1 N–H and O–H groups in total. The molecule has 0 saturated heterocycles. The van der Waals surface area contributed by atoms with Gasteiger partial charge >= 0.3 is 0 Å². The fourth-order valence-corrected chi connectivity index (χ4v) is 2.08. The average molecular weight is 261 g/mol. The Morgan fingerprint density at radius 1 is 1.26 bits per heavy atom. The molecule has 4 heteroatoms. The Balaban J connectivity index is 2.52. The van der Waals surface area contributed by atoms with E-state index >= 15 is 0 Å². The van der Waals surface area contributed by atoms with Gasteiger partial charge in [-0.2, -0.15) is 0 Å². The first-order valence-corrected chi connectivity index (χ1v) is 6.08. The van der Waals surface area contributed by atoms with Crippen LogP contribution in [-0.4, -0.2) is 17.2 Å². The third kappa shape index (κ3) is 2.58. The first-order valence-electron chi connectivity index (χ1n) is 6.08. The maximum absolute atomic E-state index is 13.3. The zero-order chi connectivity index (χ0) is 13.9. The Kier molecular flexibility index (Phi) is 3.81. The van der Waals surface area contributed by atoms with Crippen LogP contribution in [0.15, 0.2) is 42.7 Å². The third-order valence-electron chi connectivity index (χ3n) is 3.24. The maximum Gasteiger partial charge on any atom is 0.137 e. The van der Waals surface area contributed by atoms with Crippen molar-refractivity contribution in [3.63, 3.8) is 0 Å². The summed E-state index contributed by atoms with van der Waals surface area (Å²) in [4.78, 5) is 4.04. The molecular weight excluding hydrogens is 245 g/mol. The smallest absolute Gasteiger partial charge is 0.137 e. The molecule has 19 heavy (non-hydrogen) atoms. The van der Waals surface area contributed by atoms with Crippen LogP contribution in [0.4, 0.5) is 4.39 Å². The fourth-order valence-electron chi connectivity index (χ4n) is 2.08. The number of ether oxygens (including phenoxy) is 1. The highest BCUT2D eigenvalue weighted by Gasteiger charge is 2.30. The van der Waals surface area contributed by atoms with E-state index in [1.807, 2.05) is 6.92 Å². The molecule has 0 aliphatic heterocycles. The summed E-state index contributed by atoms with van der Waals surface area (Å²) in [5.41, 5.74) is -0.186. The molecule has 2 rings (SSSR count). The average Bonchev–Trinajstić information content (AvgIpc) is 2.46. The van der Waals surface area contributed by atoms with Crippen molar-refractivity contribution in [1.29, 1.82) is 0 Å². The molecular formula is C15H16FNO2. The zero-order valence-electron chi connectivity index (χ0n) is 10.9. The molecule has 0 amide bonds. The minimum Gasteiger partial charge on any atom is -0.495 e. The second kappa shape index (κ2) is 5.36. The predicted octanol–water partition coefficient (Wildman–Crippen LogP) is 2.88. The molecule has 3 nitrogen and oxygen atoms in total. The number of hydrogen-bond donors (Lipinski definition) is 1. The van der Waals surface area contributed by atoms with Crippen LogP contribution in [0.5, 0.6) is 5.75 Å². The Labute approximate surface area is 111 Å². The van der Waals surface area contributed by atoms with Crippen molar-refractivity contribution >= 4 is 0 Å². The summed E-state index contributed by atoms with van der Waals surface area (Å²) in [6.07, 6.45) is 3.54. The number of pyridine rings is 1. The first kappa shape index (κ1) is 13.5. The molecule has 0 radical (unpaired) electrons. The number of hydrogen-bond acceptors (Lipinski definition) is 3. The van der Waals surface area contributed by atoms with E-state index < -0.39 is 5.60 Å². The Morgan fingerprint density at radius 2 is 2.05 bits per heavy atom. The highest BCUT2D eigenvalue weighted by Crippen LogP contribution is 2.34. The van der Waals surface area contributed by atoms with Crippen LogP contribution in [0.1, 0.15) is 24.5 Å². The Morgan fingerprint density at radius 3 is 2.68 bits per heavy atom. The number of rotatable bonds is 4. The van der Waals surface area contributed by atoms with E-state index in [1.165, 1.54) is 19.2 Å². The molecule has 0 fully saturated rings. The van der Waals surface area contributed by atoms with E-state index in [9.17, 15) is 9.50 Å². The van der Waals surface area contributed by atoms with Gasteiger partial charge in [0.05, 0.1) is 13.3 Å². The second-order valence-electron chi connectivity index (χ2n) is 4.34. The lowest BCUT2D eigenvalue weighted by molar-refractivity contribution is 0.0755. The third-order valence-corrected chi connectivity index (χ3v) is 3.24. The lowest BCUT2D eigenvalue weighted by Crippen LogP contribution is -2.26. The highest BCUT2D eigenvalue weighted by molar-refractivity contribution is 5.37. The van der Waals surface area contributed by atoms with Crippen LogP contribution in [0.25, 0.3) is 0 Å². The fraction of sp³-hybridized carbons (Fsp3) is 0.267. The van der Waals surface area contributed by atoms with Gasteiger partial charge in [0.2, 0.25) is 0 Å². The quantitative estimate of drug-likeness (QED) is 0.920. The molecule has 0 bridgehead atoms. The summed E-state index contributed by atoms with van der Waals surface area (Å²) >= 11 is 0. The Bertz CT molecular complexity index is 574. The standard InChI is InChI=1S/C15H16FNO2/c1-3-15(18,11-5-4-6-13(16)7-11)12-8-14(19-2)10-17-9-12/h4-10,18H,3H2,1-2H3. The number of halogens is 1. The molecule has 100 valence electrons. The summed E-state index contributed by atoms with van der Waals surface area (Å²) in [6, 6.07) is 7.68. The van der Waals surface area contributed by atoms with Gasteiger partial charge in [-0.3, -0.25) is 4.98 Å². The lowest BCUT2D eigenvalue weighted by Gasteiger charge is -2.28. The van der Waals surface area contributed by atoms with Crippen molar-refractivity contribution in [2.75, 3.05) is 7.11 Å².